The molecule has 7 nitrogen and oxygen atoms in total. The zero-order valence-corrected chi connectivity index (χ0v) is 20.8. The first-order valence-corrected chi connectivity index (χ1v) is 12.5. The first-order valence-electron chi connectivity index (χ1n) is 11.2. The van der Waals surface area contributed by atoms with E-state index in [1.807, 2.05) is 24.5 Å². The van der Waals surface area contributed by atoms with E-state index in [2.05, 4.69) is 15.4 Å². The van der Waals surface area contributed by atoms with Crippen molar-refractivity contribution in [1.29, 1.82) is 0 Å². The molecule has 1 fully saturated rings. The first-order chi connectivity index (χ1) is 17.3. The molecule has 1 unspecified atom stereocenters. The number of nitrogens with zero attached hydrogens (tertiary/aromatic N) is 1. The number of carbonyl (C=O) groups excluding carboxylic acids is 2. The second kappa shape index (κ2) is 10.9. The maximum absolute atomic E-state index is 15.6. The first kappa shape index (κ1) is 25.3. The van der Waals surface area contributed by atoms with Gasteiger partial charge in [-0.2, -0.15) is 0 Å². The van der Waals surface area contributed by atoms with Gasteiger partial charge in [-0.25, -0.2) is 13.6 Å². The fraction of sp³-hybridized carbons (Fsp3) is 0.231. The molecule has 0 aromatic heterocycles. The van der Waals surface area contributed by atoms with Crippen molar-refractivity contribution in [3.8, 4) is 16.9 Å². The van der Waals surface area contributed by atoms with Gasteiger partial charge in [-0.1, -0.05) is 36.2 Å². The Morgan fingerprint density at radius 1 is 1.08 bits per heavy atom. The molecule has 10 heteroatoms. The Labute approximate surface area is 212 Å². The van der Waals surface area contributed by atoms with E-state index in [1.165, 1.54) is 36.1 Å². The number of halogens is 2. The number of hydrogen-bond donors (Lipinski definition) is 3. The number of anilines is 3. The standard InChI is InChI=1S/C26H26F2N4O3S/c1-15-8-10-20(18(27)14-15)29-26(34)30-21-12-13-32(25(21)33)22-11-9-17(23(28)24(22)35-2)16-6-4-5-7-19(16)31-36-3/h4-11,14,21,31H,12-13H2,1-3H3,(H2,29,30,34). The summed E-state index contributed by atoms with van der Waals surface area (Å²) < 4.78 is 38.2. The summed E-state index contributed by atoms with van der Waals surface area (Å²) >= 11 is 1.39. The van der Waals surface area contributed by atoms with E-state index in [-0.39, 0.29) is 23.7 Å². The van der Waals surface area contributed by atoms with Crippen LogP contribution in [-0.2, 0) is 4.79 Å². The Hall–Kier alpha value is -3.79. The molecule has 1 aliphatic rings. The average Bonchev–Trinajstić information content (AvgIpc) is 3.21. The lowest BCUT2D eigenvalue weighted by atomic mass is 10.0. The van der Waals surface area contributed by atoms with Crippen molar-refractivity contribution in [1.82, 2.24) is 5.32 Å². The number of urea groups is 1. The van der Waals surface area contributed by atoms with Crippen LogP contribution in [0, 0.1) is 18.6 Å². The third-order valence-electron chi connectivity index (χ3n) is 5.88. The Kier molecular flexibility index (Phi) is 7.64. The molecule has 1 heterocycles. The molecule has 3 amide bonds. The molecular formula is C26H26F2N4O3S. The molecule has 1 saturated heterocycles. The van der Waals surface area contributed by atoms with Crippen LogP contribution in [0.3, 0.4) is 0 Å². The number of ether oxygens (including phenoxy) is 1. The zero-order valence-electron chi connectivity index (χ0n) is 20.0. The highest BCUT2D eigenvalue weighted by Gasteiger charge is 2.36. The summed E-state index contributed by atoms with van der Waals surface area (Å²) in [5.74, 6) is -1.64. The second-order valence-electron chi connectivity index (χ2n) is 8.24. The van der Waals surface area contributed by atoms with Gasteiger partial charge in [-0.15, -0.1) is 0 Å². The number of nitrogens with one attached hydrogen (secondary N) is 3. The summed E-state index contributed by atoms with van der Waals surface area (Å²) in [6.07, 6.45) is 2.17. The number of hydrogen-bond acceptors (Lipinski definition) is 5. The van der Waals surface area contributed by atoms with Crippen LogP contribution in [0.1, 0.15) is 12.0 Å². The predicted molar refractivity (Wildman–Crippen MR) is 140 cm³/mol. The summed E-state index contributed by atoms with van der Waals surface area (Å²) in [4.78, 5) is 26.9. The Morgan fingerprint density at radius 2 is 1.86 bits per heavy atom. The second-order valence-corrected chi connectivity index (χ2v) is 8.86. The monoisotopic (exact) mass is 512 g/mol. The number of aryl methyl sites for hydroxylation is 1. The number of amides is 3. The highest BCUT2D eigenvalue weighted by molar-refractivity contribution is 7.99. The predicted octanol–water partition coefficient (Wildman–Crippen LogP) is 5.57. The number of carbonyl (C=O) groups is 2. The van der Waals surface area contributed by atoms with Gasteiger partial charge in [0, 0.05) is 23.9 Å². The molecule has 0 bridgehead atoms. The van der Waals surface area contributed by atoms with Crippen molar-refractivity contribution >= 4 is 40.9 Å². The lowest BCUT2D eigenvalue weighted by Crippen LogP contribution is -2.43. The van der Waals surface area contributed by atoms with Crippen molar-refractivity contribution in [2.75, 3.05) is 34.8 Å². The highest BCUT2D eigenvalue weighted by atomic mass is 32.2. The molecule has 1 aliphatic heterocycles. The largest absolute Gasteiger partial charge is 0.492 e. The van der Waals surface area contributed by atoms with E-state index < -0.39 is 29.6 Å². The smallest absolute Gasteiger partial charge is 0.319 e. The lowest BCUT2D eigenvalue weighted by Gasteiger charge is -2.22. The van der Waals surface area contributed by atoms with Gasteiger partial charge in [0.05, 0.1) is 24.2 Å². The lowest BCUT2D eigenvalue weighted by molar-refractivity contribution is -0.118. The summed E-state index contributed by atoms with van der Waals surface area (Å²) in [6, 6.07) is 13.4. The molecule has 0 aliphatic carbocycles. The summed E-state index contributed by atoms with van der Waals surface area (Å²) in [5, 5.41) is 5.00. The fourth-order valence-corrected chi connectivity index (χ4v) is 4.57. The van der Waals surface area contributed by atoms with Crippen molar-refractivity contribution < 1.29 is 23.1 Å². The summed E-state index contributed by atoms with van der Waals surface area (Å²) in [7, 11) is 1.34. The minimum absolute atomic E-state index is 0.0102. The van der Waals surface area contributed by atoms with E-state index in [0.29, 0.717) is 17.5 Å². The van der Waals surface area contributed by atoms with Crippen LogP contribution in [0.2, 0.25) is 0 Å². The third-order valence-corrected chi connectivity index (χ3v) is 6.31. The van der Waals surface area contributed by atoms with Crippen LogP contribution in [0.5, 0.6) is 5.75 Å². The third kappa shape index (κ3) is 5.08. The molecule has 188 valence electrons. The number of methoxy groups -OCH3 is 1. The van der Waals surface area contributed by atoms with Crippen molar-refractivity contribution in [2.24, 2.45) is 0 Å². The summed E-state index contributed by atoms with van der Waals surface area (Å²) in [6.45, 7) is 1.99. The van der Waals surface area contributed by atoms with Crippen LogP contribution in [-0.4, -0.2) is 37.9 Å². The maximum atomic E-state index is 15.6. The molecule has 0 spiro atoms. The van der Waals surface area contributed by atoms with Crippen LogP contribution in [0.15, 0.2) is 54.6 Å². The Balaban J connectivity index is 1.53. The van der Waals surface area contributed by atoms with Gasteiger partial charge in [-0.3, -0.25) is 4.79 Å². The van der Waals surface area contributed by atoms with Crippen LogP contribution < -0.4 is 25.0 Å². The van der Waals surface area contributed by atoms with Gasteiger partial charge in [-0.05, 0) is 49.2 Å². The normalized spacial score (nSPS) is 15.1. The van der Waals surface area contributed by atoms with Crippen molar-refractivity contribution in [2.45, 2.75) is 19.4 Å². The number of para-hydroxylation sites is 1. The average molecular weight is 513 g/mol. The van der Waals surface area contributed by atoms with Crippen LogP contribution in [0.4, 0.5) is 30.6 Å². The molecular weight excluding hydrogens is 486 g/mol. The van der Waals surface area contributed by atoms with Gasteiger partial charge < -0.3 is 25.0 Å². The molecule has 3 aromatic carbocycles. The SMILES string of the molecule is COc1c(N2CCC(NC(=O)Nc3ccc(C)cc3F)C2=O)ccc(-c2ccccc2NSC)c1F. The number of rotatable bonds is 7. The zero-order chi connectivity index (χ0) is 25.8. The topological polar surface area (TPSA) is 82.7 Å². The Morgan fingerprint density at radius 3 is 2.58 bits per heavy atom. The van der Waals surface area contributed by atoms with Gasteiger partial charge >= 0.3 is 6.03 Å². The molecule has 4 rings (SSSR count). The molecule has 0 saturated carbocycles. The molecule has 0 radical (unpaired) electrons. The van der Waals surface area contributed by atoms with Crippen LogP contribution in [0.25, 0.3) is 11.1 Å². The van der Waals surface area contributed by atoms with E-state index in [9.17, 15) is 14.0 Å². The van der Waals surface area contributed by atoms with Gasteiger partial charge in [0.2, 0.25) is 5.91 Å². The van der Waals surface area contributed by atoms with Crippen molar-refractivity contribution in [3.05, 3.63) is 71.8 Å². The Bertz CT molecular complexity index is 1300. The molecule has 1 atom stereocenters. The van der Waals surface area contributed by atoms with Crippen molar-refractivity contribution in [3.63, 3.8) is 0 Å². The minimum Gasteiger partial charge on any atom is -0.492 e. The molecule has 3 N–H and O–H groups in total. The summed E-state index contributed by atoms with van der Waals surface area (Å²) in [5.41, 5.74) is 2.73. The van der Waals surface area contributed by atoms with Crippen LogP contribution >= 0.6 is 11.9 Å². The molecule has 36 heavy (non-hydrogen) atoms. The van der Waals surface area contributed by atoms with Gasteiger partial charge in [0.25, 0.3) is 0 Å². The van der Waals surface area contributed by atoms with E-state index in [0.717, 1.165) is 11.3 Å². The fourth-order valence-electron chi connectivity index (χ4n) is 4.17. The van der Waals surface area contributed by atoms with Gasteiger partial charge in [0.1, 0.15) is 11.9 Å². The number of benzene rings is 3. The highest BCUT2D eigenvalue weighted by Crippen LogP contribution is 2.41. The molecule has 3 aromatic rings. The van der Waals surface area contributed by atoms with E-state index >= 15 is 4.39 Å². The van der Waals surface area contributed by atoms with E-state index in [4.69, 9.17) is 4.74 Å². The van der Waals surface area contributed by atoms with E-state index in [1.54, 1.807) is 31.2 Å². The maximum Gasteiger partial charge on any atom is 0.319 e. The minimum atomic E-state index is -0.850. The van der Waals surface area contributed by atoms with Gasteiger partial charge in [0.15, 0.2) is 11.6 Å². The quantitative estimate of drug-likeness (QED) is 0.361.